The largest absolute Gasteiger partial charge is 0.480 e. The number of carbonyl (C=O) groups is 1. The van der Waals surface area contributed by atoms with Gasteiger partial charge in [-0.05, 0) is 55.7 Å². The predicted molar refractivity (Wildman–Crippen MR) is 138 cm³/mol. The second kappa shape index (κ2) is 11.9. The maximum atomic E-state index is 13.6. The van der Waals surface area contributed by atoms with Crippen LogP contribution in [-0.2, 0) is 32.3 Å². The van der Waals surface area contributed by atoms with Gasteiger partial charge in [0.25, 0.3) is 5.56 Å². The molecule has 4 rings (SSSR count). The van der Waals surface area contributed by atoms with Gasteiger partial charge in [0.15, 0.2) is 0 Å². The van der Waals surface area contributed by atoms with Crippen molar-refractivity contribution in [1.29, 1.82) is 0 Å². The zero-order chi connectivity index (χ0) is 29.9. The van der Waals surface area contributed by atoms with Crippen molar-refractivity contribution in [2.75, 3.05) is 13.7 Å². The predicted octanol–water partition coefficient (Wildman–Crippen LogP) is 3.29. The molecule has 3 aromatic rings. The highest BCUT2D eigenvalue weighted by Gasteiger charge is 2.38. The highest BCUT2D eigenvalue weighted by molar-refractivity contribution is 7.89. The first kappa shape index (κ1) is 30.0. The maximum absolute atomic E-state index is 13.6. The molecule has 0 amide bonds. The Morgan fingerprint density at radius 1 is 1.12 bits per heavy atom. The summed E-state index contributed by atoms with van der Waals surface area (Å²) in [7, 11) is -3.38. The van der Waals surface area contributed by atoms with Crippen LogP contribution in [0.3, 0.4) is 0 Å². The minimum atomic E-state index is -5.10. The maximum Gasteiger partial charge on any atom is 0.423 e. The Labute approximate surface area is 232 Å². The van der Waals surface area contributed by atoms with Gasteiger partial charge in [-0.15, -0.1) is 0 Å². The van der Waals surface area contributed by atoms with Crippen molar-refractivity contribution in [1.82, 2.24) is 13.4 Å². The number of aromatic nitrogens is 2. The molecule has 1 aliphatic rings. The van der Waals surface area contributed by atoms with Crippen LogP contribution in [0.15, 0.2) is 75.3 Å². The molecule has 1 aromatic heterocycles. The van der Waals surface area contributed by atoms with Crippen molar-refractivity contribution in [2.24, 2.45) is 0 Å². The number of sulfonamides is 1. The van der Waals surface area contributed by atoms with Gasteiger partial charge in [0.05, 0.1) is 4.90 Å². The molecule has 2 aromatic carbocycles. The fraction of sp³-hybridized carbons (Fsp3) is 0.346. The minimum absolute atomic E-state index is 0.143. The molecule has 1 fully saturated rings. The number of hydrogen-bond acceptors (Lipinski definition) is 7. The number of rotatable bonds is 10. The third-order valence-electron chi connectivity index (χ3n) is 6.53. The summed E-state index contributed by atoms with van der Waals surface area (Å²) in [6, 6.07) is 12.2. The van der Waals surface area contributed by atoms with Gasteiger partial charge in [-0.3, -0.25) is 14.2 Å². The molecule has 2 atom stereocenters. The quantitative estimate of drug-likeness (QED) is 0.376. The Morgan fingerprint density at radius 2 is 1.76 bits per heavy atom. The Bertz CT molecular complexity index is 1610. The number of para-hydroxylation sites is 1. The normalized spacial score (nSPS) is 16.6. The Kier molecular flexibility index (Phi) is 8.70. The van der Waals surface area contributed by atoms with E-state index in [-0.39, 0.29) is 17.9 Å². The number of likely N-dealkylation sites (N-methyl/N-ethyl adjacent to an activating group) is 1. The van der Waals surface area contributed by atoms with Gasteiger partial charge < -0.3 is 14.6 Å². The Morgan fingerprint density at radius 3 is 2.32 bits per heavy atom. The van der Waals surface area contributed by atoms with E-state index >= 15 is 0 Å². The summed E-state index contributed by atoms with van der Waals surface area (Å²) in [5.41, 5.74) is -4.32. The van der Waals surface area contributed by atoms with E-state index < -0.39 is 64.2 Å². The molecule has 0 bridgehead atoms. The van der Waals surface area contributed by atoms with E-state index in [4.69, 9.17) is 9.47 Å². The van der Waals surface area contributed by atoms with Crippen molar-refractivity contribution in [2.45, 2.75) is 49.1 Å². The molecular formula is C26H26F3N3O8S. The monoisotopic (exact) mass is 597 g/mol. The fourth-order valence-electron chi connectivity index (χ4n) is 4.35. The van der Waals surface area contributed by atoms with Gasteiger partial charge in [-0.2, -0.15) is 17.5 Å². The van der Waals surface area contributed by atoms with Gasteiger partial charge in [-0.25, -0.2) is 17.8 Å². The smallest absolute Gasteiger partial charge is 0.423 e. The van der Waals surface area contributed by atoms with E-state index in [9.17, 15) is 41.1 Å². The lowest BCUT2D eigenvalue weighted by Gasteiger charge is -2.25. The van der Waals surface area contributed by atoms with Crippen LogP contribution in [0.5, 0.6) is 11.5 Å². The van der Waals surface area contributed by atoms with Crippen molar-refractivity contribution in [3.63, 3.8) is 0 Å². The van der Waals surface area contributed by atoms with Crippen molar-refractivity contribution in [3.05, 3.63) is 87.2 Å². The average Bonchev–Trinajstić information content (AvgIpc) is 3.44. The van der Waals surface area contributed by atoms with Crippen LogP contribution in [0.25, 0.3) is 0 Å². The van der Waals surface area contributed by atoms with Crippen LogP contribution in [0.1, 0.15) is 31.1 Å². The summed E-state index contributed by atoms with van der Waals surface area (Å²) in [4.78, 5) is 37.3. The van der Waals surface area contributed by atoms with Gasteiger partial charge in [-0.1, -0.05) is 18.2 Å². The molecule has 2 heterocycles. The van der Waals surface area contributed by atoms with Crippen LogP contribution in [0, 0.1) is 0 Å². The average molecular weight is 598 g/mol. The zero-order valence-electron chi connectivity index (χ0n) is 21.7. The van der Waals surface area contributed by atoms with Gasteiger partial charge >= 0.3 is 17.8 Å². The molecule has 11 nitrogen and oxygen atoms in total. The summed E-state index contributed by atoms with van der Waals surface area (Å²) in [5, 5.41) is 9.80. The van der Waals surface area contributed by atoms with Crippen molar-refractivity contribution in [3.8, 4) is 11.5 Å². The number of aliphatic carboxylic acids is 1. The van der Waals surface area contributed by atoms with E-state index in [2.05, 4.69) is 0 Å². The molecule has 15 heteroatoms. The summed E-state index contributed by atoms with van der Waals surface area (Å²) >= 11 is 0. The van der Waals surface area contributed by atoms with Gasteiger partial charge in [0.1, 0.15) is 29.3 Å². The van der Waals surface area contributed by atoms with Crippen LogP contribution < -0.4 is 16.0 Å². The topological polar surface area (TPSA) is 137 Å². The summed E-state index contributed by atoms with van der Waals surface area (Å²) in [6.45, 7) is -0.481. The molecule has 41 heavy (non-hydrogen) atoms. The summed E-state index contributed by atoms with van der Waals surface area (Å²) in [5.74, 6) is -0.744. The zero-order valence-corrected chi connectivity index (χ0v) is 22.5. The first-order valence-corrected chi connectivity index (χ1v) is 13.8. The molecule has 220 valence electrons. The molecule has 1 aliphatic heterocycles. The van der Waals surface area contributed by atoms with E-state index in [1.165, 1.54) is 24.3 Å². The second-order valence-electron chi connectivity index (χ2n) is 9.21. The van der Waals surface area contributed by atoms with Crippen LogP contribution in [0.2, 0.25) is 0 Å². The molecule has 2 unspecified atom stereocenters. The molecular weight excluding hydrogens is 571 g/mol. The van der Waals surface area contributed by atoms with Crippen LogP contribution in [-0.4, -0.2) is 52.6 Å². The lowest BCUT2D eigenvalue weighted by atomic mass is 10.2. The molecule has 1 saturated heterocycles. The second-order valence-corrected chi connectivity index (χ2v) is 11.2. The molecule has 0 aliphatic carbocycles. The third kappa shape index (κ3) is 6.52. The number of alkyl halides is 3. The number of carboxylic acid groups (broad SMARTS) is 1. The number of ether oxygens (including phenoxy) is 2. The number of carboxylic acids is 1. The Balaban J connectivity index is 1.58. The number of nitrogens with zero attached hydrogens (tertiary/aromatic N) is 3. The summed E-state index contributed by atoms with van der Waals surface area (Å²) < 4.78 is 79.7. The lowest BCUT2D eigenvalue weighted by molar-refractivity contribution is -0.142. The SMILES string of the molecule is CN(C(CCn1cc(C(F)(F)F)c(=O)n(C2CCCO2)c1=O)C(=O)O)S(=O)(=O)c1ccc(Oc2ccccc2)cc1. The van der Waals surface area contributed by atoms with E-state index in [1.54, 1.807) is 30.3 Å². The van der Waals surface area contributed by atoms with Crippen LogP contribution in [0.4, 0.5) is 13.2 Å². The first-order chi connectivity index (χ1) is 19.3. The molecule has 0 radical (unpaired) electrons. The van der Waals surface area contributed by atoms with Crippen molar-refractivity contribution < 1.29 is 41.0 Å². The van der Waals surface area contributed by atoms with E-state index in [0.29, 0.717) is 37.6 Å². The van der Waals surface area contributed by atoms with E-state index in [0.717, 1.165) is 7.05 Å². The standard InChI is InChI=1S/C26H26F3N3O8S/c1-30(41(37,38)19-11-9-18(10-12-19)40-17-6-3-2-4-7-17)21(24(34)35)13-14-31-16-20(26(27,28)29)23(33)32(25(31)36)22-8-5-15-39-22/h2-4,6-7,9-12,16,21-22H,5,8,13-15H2,1H3,(H,34,35). The van der Waals surface area contributed by atoms with Gasteiger partial charge in [0.2, 0.25) is 10.0 Å². The fourth-order valence-corrected chi connectivity index (χ4v) is 5.70. The van der Waals surface area contributed by atoms with Crippen molar-refractivity contribution >= 4 is 16.0 Å². The number of aryl methyl sites for hydroxylation is 1. The number of hydrogen-bond donors (Lipinski definition) is 1. The molecule has 0 spiro atoms. The highest BCUT2D eigenvalue weighted by Crippen LogP contribution is 2.28. The number of benzene rings is 2. The van der Waals surface area contributed by atoms with E-state index in [1.807, 2.05) is 0 Å². The third-order valence-corrected chi connectivity index (χ3v) is 8.41. The Hall–Kier alpha value is -3.95. The van der Waals surface area contributed by atoms with Gasteiger partial charge in [0, 0.05) is 26.4 Å². The highest BCUT2D eigenvalue weighted by atomic mass is 32.2. The summed E-state index contributed by atoms with van der Waals surface area (Å²) in [6.07, 6.45) is -6.00. The minimum Gasteiger partial charge on any atom is -0.480 e. The van der Waals surface area contributed by atoms with Crippen LogP contribution >= 0.6 is 0 Å². The lowest BCUT2D eigenvalue weighted by Crippen LogP contribution is -2.47. The molecule has 0 saturated carbocycles. The number of halogens is 3. The molecule has 1 N–H and O–H groups in total. The first-order valence-electron chi connectivity index (χ1n) is 12.4.